The van der Waals surface area contributed by atoms with Crippen molar-refractivity contribution < 1.29 is 15.4 Å². The molecular weight excluding hydrogens is 342 g/mol. The number of carbonyl (C=O) groups is 1. The molecule has 0 saturated heterocycles. The van der Waals surface area contributed by atoms with Crippen LogP contribution in [-0.2, 0) is 9.53 Å². The largest absolute Gasteiger partial charge is 0.500 e. The lowest BCUT2D eigenvalue weighted by Gasteiger charge is -2.12. The maximum Gasteiger partial charge on any atom is 0.339 e. The quantitative estimate of drug-likeness (QED) is 0.777. The Morgan fingerprint density at radius 3 is 2.48 bits per heavy atom. The van der Waals surface area contributed by atoms with Crippen LogP contribution in [-0.4, -0.2) is 20.1 Å². The third-order valence-electron chi connectivity index (χ3n) is 4.20. The molecule has 1 aromatic heterocycles. The van der Waals surface area contributed by atoms with Crippen molar-refractivity contribution in [1.82, 2.24) is 5.32 Å². The maximum atomic E-state index is 11.3. The first-order valence-electron chi connectivity index (χ1n) is 9.14. The third-order valence-corrected chi connectivity index (χ3v) is 4.20. The molecule has 1 aliphatic carbocycles. The van der Waals surface area contributed by atoms with E-state index < -0.39 is 0 Å². The predicted octanol–water partition coefficient (Wildman–Crippen LogP) is 4.66. The normalized spacial score (nSPS) is 12.5. The minimum atomic E-state index is -0.240. The van der Waals surface area contributed by atoms with Crippen molar-refractivity contribution in [3.8, 4) is 0 Å². The first-order chi connectivity index (χ1) is 13.0. The molecule has 5 nitrogen and oxygen atoms in total. The molecular formula is C22H31NO4. The van der Waals surface area contributed by atoms with Gasteiger partial charge < -0.3 is 14.5 Å². The fourth-order valence-corrected chi connectivity index (χ4v) is 2.59. The molecule has 1 heterocycles. The molecule has 1 aromatic carbocycles. The number of benzene rings is 1. The minimum absolute atomic E-state index is 0. The topological polar surface area (TPSA) is 68.5 Å². The van der Waals surface area contributed by atoms with Gasteiger partial charge >= 0.3 is 5.63 Å². The zero-order chi connectivity index (χ0) is 20.4. The summed E-state index contributed by atoms with van der Waals surface area (Å²) in [5.41, 5.74) is 2.77. The summed E-state index contributed by atoms with van der Waals surface area (Å²) in [6, 6.07) is 7.57. The van der Waals surface area contributed by atoms with Gasteiger partial charge in [0.2, 0.25) is 0 Å². The summed E-state index contributed by atoms with van der Waals surface area (Å²) in [5.74, 6) is 0.694. The Kier molecular flexibility index (Phi) is 9.06. The number of hydrogen-bond donors (Lipinski definition) is 1. The molecule has 1 amide bonds. The molecule has 5 heteroatoms. The summed E-state index contributed by atoms with van der Waals surface area (Å²) < 4.78 is 10.2. The second-order valence-electron chi connectivity index (χ2n) is 5.70. The highest BCUT2D eigenvalue weighted by molar-refractivity contribution is 5.96. The standard InChI is InChI=1S/C11H10O2.C9H13NO2.C2H6.H2/c1-7-8(2)11(12)13-10-6-4-3-5-9(7)10;1-10-9(11)7-5-3-4-6-8(7)12-2;1-2;/h3-6H,1-2H3;3,5H,4,6H2,1-2H3,(H,10,11);1-2H3;1H. The van der Waals surface area contributed by atoms with Crippen LogP contribution >= 0.6 is 0 Å². The monoisotopic (exact) mass is 373 g/mol. The number of para-hydroxylation sites is 1. The zero-order valence-electron chi connectivity index (χ0n) is 17.0. The summed E-state index contributed by atoms with van der Waals surface area (Å²) >= 11 is 0. The Bertz CT molecular complexity index is 897. The summed E-state index contributed by atoms with van der Waals surface area (Å²) in [6.07, 6.45) is 5.55. The number of nitrogens with one attached hydrogen (secondary N) is 1. The molecule has 0 saturated carbocycles. The fraction of sp³-hybridized carbons (Fsp3) is 0.364. The Morgan fingerprint density at radius 1 is 1.19 bits per heavy atom. The molecule has 148 valence electrons. The molecule has 0 unspecified atom stereocenters. The Hall–Kier alpha value is -2.82. The van der Waals surface area contributed by atoms with E-state index in [-0.39, 0.29) is 13.0 Å². The third kappa shape index (κ3) is 5.58. The number of hydrogen-bond acceptors (Lipinski definition) is 4. The van der Waals surface area contributed by atoms with E-state index in [1.54, 1.807) is 27.2 Å². The van der Waals surface area contributed by atoms with Crippen molar-refractivity contribution in [3.63, 3.8) is 0 Å². The van der Waals surface area contributed by atoms with E-state index in [9.17, 15) is 9.59 Å². The lowest BCUT2D eigenvalue weighted by molar-refractivity contribution is -0.117. The van der Waals surface area contributed by atoms with Crippen LogP contribution in [0.15, 0.2) is 57.0 Å². The van der Waals surface area contributed by atoms with Gasteiger partial charge in [0.05, 0.1) is 12.7 Å². The van der Waals surface area contributed by atoms with Gasteiger partial charge in [-0.15, -0.1) is 0 Å². The number of ether oxygens (including phenoxy) is 1. The number of likely N-dealkylation sites (N-methyl/N-ethyl adjacent to an activating group) is 1. The van der Waals surface area contributed by atoms with Gasteiger partial charge in [-0.3, -0.25) is 4.79 Å². The molecule has 0 radical (unpaired) electrons. The summed E-state index contributed by atoms with van der Waals surface area (Å²) in [4.78, 5) is 22.5. The fourth-order valence-electron chi connectivity index (χ4n) is 2.59. The van der Waals surface area contributed by atoms with Crippen LogP contribution in [0.2, 0.25) is 0 Å². The molecule has 0 aliphatic heterocycles. The van der Waals surface area contributed by atoms with Crippen LogP contribution in [0.1, 0.15) is 39.2 Å². The van der Waals surface area contributed by atoms with E-state index in [0.29, 0.717) is 16.7 Å². The summed E-state index contributed by atoms with van der Waals surface area (Å²) in [6.45, 7) is 7.72. The van der Waals surface area contributed by atoms with Crippen molar-refractivity contribution in [3.05, 3.63) is 69.3 Å². The van der Waals surface area contributed by atoms with Crippen molar-refractivity contribution in [1.29, 1.82) is 0 Å². The Balaban J connectivity index is 0.000000465. The van der Waals surface area contributed by atoms with Gasteiger partial charge in [0, 0.05) is 25.8 Å². The lowest BCUT2D eigenvalue weighted by atomic mass is 10.0. The molecule has 0 atom stereocenters. The molecule has 2 aromatic rings. The highest BCUT2D eigenvalue weighted by Crippen LogP contribution is 2.19. The van der Waals surface area contributed by atoms with Gasteiger partial charge in [-0.25, -0.2) is 4.79 Å². The number of amides is 1. The van der Waals surface area contributed by atoms with Gasteiger partial charge in [-0.05, 0) is 31.9 Å². The van der Waals surface area contributed by atoms with Crippen LogP contribution in [0.25, 0.3) is 11.0 Å². The van der Waals surface area contributed by atoms with Gasteiger partial charge in [-0.1, -0.05) is 44.2 Å². The maximum absolute atomic E-state index is 11.3. The number of rotatable bonds is 2. The lowest BCUT2D eigenvalue weighted by Crippen LogP contribution is -2.21. The molecule has 27 heavy (non-hydrogen) atoms. The average molecular weight is 373 g/mol. The van der Waals surface area contributed by atoms with Crippen molar-refractivity contribution in [2.75, 3.05) is 14.2 Å². The van der Waals surface area contributed by atoms with Gasteiger partial charge in [0.1, 0.15) is 11.3 Å². The van der Waals surface area contributed by atoms with Crippen molar-refractivity contribution in [2.45, 2.75) is 40.5 Å². The summed E-state index contributed by atoms with van der Waals surface area (Å²) in [7, 11) is 3.21. The highest BCUT2D eigenvalue weighted by atomic mass is 16.5. The van der Waals surface area contributed by atoms with Crippen molar-refractivity contribution >= 4 is 16.9 Å². The average Bonchev–Trinajstić information content (AvgIpc) is 2.73. The SMILES string of the molecule is CC.CNC(=O)C1=C(OC)CCC=C1.Cc1c(C)c2ccccc2oc1=O.[HH]. The van der Waals surface area contributed by atoms with Gasteiger partial charge in [0.25, 0.3) is 5.91 Å². The van der Waals surface area contributed by atoms with E-state index in [0.717, 1.165) is 29.6 Å². The van der Waals surface area contributed by atoms with Crippen LogP contribution < -0.4 is 10.9 Å². The molecule has 1 N–H and O–H groups in total. The smallest absolute Gasteiger partial charge is 0.339 e. The first-order valence-corrected chi connectivity index (χ1v) is 9.14. The second kappa shape index (κ2) is 11.0. The van der Waals surface area contributed by atoms with E-state index >= 15 is 0 Å². The van der Waals surface area contributed by atoms with E-state index in [1.807, 2.05) is 51.1 Å². The second-order valence-corrected chi connectivity index (χ2v) is 5.70. The van der Waals surface area contributed by atoms with Gasteiger partial charge in [-0.2, -0.15) is 0 Å². The number of aryl methyl sites for hydroxylation is 1. The van der Waals surface area contributed by atoms with E-state index in [4.69, 9.17) is 9.15 Å². The number of allylic oxidation sites excluding steroid dienone is 2. The molecule has 0 spiro atoms. The molecule has 3 rings (SSSR count). The Labute approximate surface area is 162 Å². The molecule has 0 bridgehead atoms. The molecule has 0 fully saturated rings. The van der Waals surface area contributed by atoms with Gasteiger partial charge in [0.15, 0.2) is 0 Å². The molecule has 1 aliphatic rings. The van der Waals surface area contributed by atoms with Crippen LogP contribution in [0.3, 0.4) is 0 Å². The number of carbonyl (C=O) groups excluding carboxylic acids is 1. The van der Waals surface area contributed by atoms with E-state index in [2.05, 4.69) is 5.32 Å². The summed E-state index contributed by atoms with van der Waals surface area (Å²) in [5, 5.41) is 3.58. The van der Waals surface area contributed by atoms with Crippen molar-refractivity contribution in [2.24, 2.45) is 0 Å². The van der Waals surface area contributed by atoms with Crippen LogP contribution in [0.4, 0.5) is 0 Å². The Morgan fingerprint density at radius 2 is 1.85 bits per heavy atom. The van der Waals surface area contributed by atoms with E-state index in [1.165, 1.54) is 0 Å². The zero-order valence-corrected chi connectivity index (χ0v) is 17.0. The predicted molar refractivity (Wildman–Crippen MR) is 112 cm³/mol. The first kappa shape index (κ1) is 22.2. The highest BCUT2D eigenvalue weighted by Gasteiger charge is 2.14. The van der Waals surface area contributed by atoms with Crippen LogP contribution in [0, 0.1) is 13.8 Å². The number of fused-ring (bicyclic) bond motifs is 1. The van der Waals surface area contributed by atoms with Crippen LogP contribution in [0.5, 0.6) is 0 Å². The minimum Gasteiger partial charge on any atom is -0.500 e. The number of methoxy groups -OCH3 is 1.